The number of amides is 1. The second-order valence-corrected chi connectivity index (χ2v) is 6.27. The molecule has 3 rings (SSSR count). The molecular formula is C14H20N2OS. The van der Waals surface area contributed by atoms with Crippen molar-refractivity contribution in [3.05, 3.63) is 22.4 Å². The molecule has 2 atom stereocenters. The van der Waals surface area contributed by atoms with Crippen LogP contribution in [0.5, 0.6) is 0 Å². The van der Waals surface area contributed by atoms with Crippen LogP contribution in [0.1, 0.15) is 44.3 Å². The van der Waals surface area contributed by atoms with E-state index in [4.69, 9.17) is 0 Å². The van der Waals surface area contributed by atoms with E-state index in [1.54, 1.807) is 11.3 Å². The van der Waals surface area contributed by atoms with Gasteiger partial charge in [0.1, 0.15) is 6.17 Å². The maximum Gasteiger partial charge on any atom is 0.241 e. The van der Waals surface area contributed by atoms with Gasteiger partial charge in [-0.1, -0.05) is 12.8 Å². The van der Waals surface area contributed by atoms with E-state index in [-0.39, 0.29) is 18.1 Å². The number of thiophene rings is 1. The summed E-state index contributed by atoms with van der Waals surface area (Å²) in [4.78, 5) is 14.3. The van der Waals surface area contributed by atoms with Crippen LogP contribution >= 0.6 is 11.3 Å². The molecule has 18 heavy (non-hydrogen) atoms. The molecule has 2 aliphatic rings. The van der Waals surface area contributed by atoms with E-state index in [0.717, 1.165) is 6.54 Å². The summed E-state index contributed by atoms with van der Waals surface area (Å²) in [6.07, 6.45) is 5.33. The van der Waals surface area contributed by atoms with Crippen LogP contribution in [0.25, 0.3) is 0 Å². The predicted molar refractivity (Wildman–Crippen MR) is 73.3 cm³/mol. The molecule has 1 amide bonds. The summed E-state index contributed by atoms with van der Waals surface area (Å²) in [5.74, 6) is 0.972. The lowest BCUT2D eigenvalue weighted by Crippen LogP contribution is -2.34. The number of carbonyl (C=O) groups excluding carboxylic acids is 1. The van der Waals surface area contributed by atoms with Gasteiger partial charge in [-0.15, -0.1) is 0 Å². The summed E-state index contributed by atoms with van der Waals surface area (Å²) in [6, 6.07) is 2.08. The van der Waals surface area contributed by atoms with Crippen LogP contribution < -0.4 is 5.32 Å². The molecule has 1 aliphatic heterocycles. The summed E-state index contributed by atoms with van der Waals surface area (Å²) < 4.78 is 0. The Balaban J connectivity index is 1.77. The molecule has 4 heteroatoms. The van der Waals surface area contributed by atoms with E-state index in [1.165, 1.54) is 31.2 Å². The van der Waals surface area contributed by atoms with Gasteiger partial charge in [-0.05, 0) is 48.1 Å². The van der Waals surface area contributed by atoms with E-state index in [1.807, 2.05) is 6.92 Å². The van der Waals surface area contributed by atoms with Crippen molar-refractivity contribution in [2.75, 3.05) is 6.54 Å². The minimum Gasteiger partial charge on any atom is -0.321 e. The van der Waals surface area contributed by atoms with Crippen LogP contribution in [-0.4, -0.2) is 23.4 Å². The zero-order valence-corrected chi connectivity index (χ0v) is 11.6. The zero-order valence-electron chi connectivity index (χ0n) is 10.8. The Morgan fingerprint density at radius 3 is 2.89 bits per heavy atom. The largest absolute Gasteiger partial charge is 0.321 e. The second kappa shape index (κ2) is 5.02. The van der Waals surface area contributed by atoms with Crippen molar-refractivity contribution in [1.82, 2.24) is 10.2 Å². The monoisotopic (exact) mass is 264 g/mol. The van der Waals surface area contributed by atoms with Gasteiger partial charge in [-0.25, -0.2) is 0 Å². The highest BCUT2D eigenvalue weighted by Crippen LogP contribution is 2.32. The highest BCUT2D eigenvalue weighted by molar-refractivity contribution is 7.07. The normalized spacial score (nSPS) is 29.4. The van der Waals surface area contributed by atoms with Gasteiger partial charge in [0.05, 0.1) is 6.04 Å². The maximum atomic E-state index is 12.3. The van der Waals surface area contributed by atoms with Crippen molar-refractivity contribution < 1.29 is 4.79 Å². The zero-order chi connectivity index (χ0) is 12.5. The third-order valence-electron chi connectivity index (χ3n) is 4.16. The van der Waals surface area contributed by atoms with E-state index in [0.29, 0.717) is 5.92 Å². The average Bonchev–Trinajstić information content (AvgIpc) is 3.07. The van der Waals surface area contributed by atoms with E-state index < -0.39 is 0 Å². The summed E-state index contributed by atoms with van der Waals surface area (Å²) in [7, 11) is 0. The molecule has 0 radical (unpaired) electrons. The molecule has 1 saturated heterocycles. The number of nitrogens with zero attached hydrogens (tertiary/aromatic N) is 1. The Kier molecular flexibility index (Phi) is 3.39. The van der Waals surface area contributed by atoms with Gasteiger partial charge in [-0.3, -0.25) is 10.1 Å². The van der Waals surface area contributed by atoms with Gasteiger partial charge in [0.15, 0.2) is 0 Å². The molecule has 0 spiro atoms. The third-order valence-corrected chi connectivity index (χ3v) is 4.86. The topological polar surface area (TPSA) is 32.3 Å². The maximum absolute atomic E-state index is 12.3. The van der Waals surface area contributed by atoms with Crippen LogP contribution in [-0.2, 0) is 4.79 Å². The molecule has 1 aromatic rings. The van der Waals surface area contributed by atoms with E-state index in [2.05, 4.69) is 27.0 Å². The smallest absolute Gasteiger partial charge is 0.241 e. The number of carbonyl (C=O) groups is 1. The van der Waals surface area contributed by atoms with Crippen molar-refractivity contribution in [2.45, 2.75) is 44.8 Å². The Labute approximate surface area is 112 Å². The van der Waals surface area contributed by atoms with Crippen LogP contribution in [0.15, 0.2) is 16.8 Å². The number of hydrogen-bond acceptors (Lipinski definition) is 3. The lowest BCUT2D eigenvalue weighted by Gasteiger charge is -2.26. The molecule has 0 aromatic carbocycles. The Morgan fingerprint density at radius 1 is 1.44 bits per heavy atom. The molecule has 2 unspecified atom stereocenters. The highest BCUT2D eigenvalue weighted by atomic mass is 32.1. The lowest BCUT2D eigenvalue weighted by atomic mass is 10.1. The average molecular weight is 264 g/mol. The van der Waals surface area contributed by atoms with Gasteiger partial charge in [0.25, 0.3) is 0 Å². The first-order valence-corrected chi connectivity index (χ1v) is 7.78. The molecule has 0 bridgehead atoms. The molecule has 98 valence electrons. The predicted octanol–water partition coefficient (Wildman–Crippen LogP) is 2.76. The lowest BCUT2D eigenvalue weighted by molar-refractivity contribution is -0.130. The minimum absolute atomic E-state index is 0.0451. The van der Waals surface area contributed by atoms with Crippen LogP contribution in [0, 0.1) is 5.92 Å². The molecule has 1 aliphatic carbocycles. The Hall–Kier alpha value is -0.870. The highest BCUT2D eigenvalue weighted by Gasteiger charge is 2.38. The fraction of sp³-hybridized carbons (Fsp3) is 0.643. The SMILES string of the molecule is CC1NC(c2ccsc2)N(CC2CCCC2)C1=O. The van der Waals surface area contributed by atoms with Crippen molar-refractivity contribution in [3.8, 4) is 0 Å². The van der Waals surface area contributed by atoms with Crippen molar-refractivity contribution in [1.29, 1.82) is 0 Å². The minimum atomic E-state index is -0.0451. The Bertz CT molecular complexity index is 411. The molecule has 1 aromatic heterocycles. The van der Waals surface area contributed by atoms with E-state index >= 15 is 0 Å². The van der Waals surface area contributed by atoms with Gasteiger partial charge >= 0.3 is 0 Å². The molecular weight excluding hydrogens is 244 g/mol. The quantitative estimate of drug-likeness (QED) is 0.910. The summed E-state index contributed by atoms with van der Waals surface area (Å²) in [5, 5.41) is 7.64. The van der Waals surface area contributed by atoms with Gasteiger partial charge in [0.2, 0.25) is 5.91 Å². The van der Waals surface area contributed by atoms with Crippen molar-refractivity contribution >= 4 is 17.2 Å². The molecule has 1 N–H and O–H groups in total. The first kappa shape index (κ1) is 12.2. The van der Waals surface area contributed by atoms with Crippen LogP contribution in [0.3, 0.4) is 0 Å². The second-order valence-electron chi connectivity index (χ2n) is 5.49. The fourth-order valence-corrected chi connectivity index (χ4v) is 3.83. The van der Waals surface area contributed by atoms with Gasteiger partial charge in [0, 0.05) is 6.54 Å². The van der Waals surface area contributed by atoms with Crippen LogP contribution in [0.2, 0.25) is 0 Å². The number of rotatable bonds is 3. The van der Waals surface area contributed by atoms with E-state index in [9.17, 15) is 4.79 Å². The first-order valence-electron chi connectivity index (χ1n) is 6.84. The fourth-order valence-electron chi connectivity index (χ4n) is 3.15. The summed E-state index contributed by atoms with van der Waals surface area (Å²) in [6.45, 7) is 2.90. The van der Waals surface area contributed by atoms with Gasteiger partial charge < -0.3 is 4.90 Å². The van der Waals surface area contributed by atoms with Gasteiger partial charge in [-0.2, -0.15) is 11.3 Å². The number of hydrogen-bond donors (Lipinski definition) is 1. The first-order chi connectivity index (χ1) is 8.75. The van der Waals surface area contributed by atoms with Crippen LogP contribution in [0.4, 0.5) is 0 Å². The van der Waals surface area contributed by atoms with Crippen molar-refractivity contribution in [2.24, 2.45) is 5.92 Å². The Morgan fingerprint density at radius 2 is 2.22 bits per heavy atom. The molecule has 2 heterocycles. The van der Waals surface area contributed by atoms with Crippen molar-refractivity contribution in [3.63, 3.8) is 0 Å². The molecule has 2 fully saturated rings. The molecule has 1 saturated carbocycles. The third kappa shape index (κ3) is 2.19. The standard InChI is InChI=1S/C14H20N2OS/c1-10-14(17)16(8-11-4-2-3-5-11)13(15-10)12-6-7-18-9-12/h6-7,9-11,13,15H,2-5,8H2,1H3. The molecule has 3 nitrogen and oxygen atoms in total. The summed E-state index contributed by atoms with van der Waals surface area (Å²) in [5.41, 5.74) is 1.23. The summed E-state index contributed by atoms with van der Waals surface area (Å²) >= 11 is 1.70. The number of nitrogens with one attached hydrogen (secondary N) is 1.